The topological polar surface area (TPSA) is 137 Å². The molecule has 2 fully saturated rings. The second-order valence-electron chi connectivity index (χ2n) is 6.71. The van der Waals surface area contributed by atoms with Gasteiger partial charge in [0.15, 0.2) is 6.23 Å². The van der Waals surface area contributed by atoms with Gasteiger partial charge in [0.25, 0.3) is 0 Å². The zero-order valence-corrected chi connectivity index (χ0v) is 14.3. The van der Waals surface area contributed by atoms with Gasteiger partial charge >= 0.3 is 11.7 Å². The monoisotopic (exact) mass is 365 g/mol. The van der Waals surface area contributed by atoms with Crippen molar-refractivity contribution in [3.63, 3.8) is 0 Å². The van der Waals surface area contributed by atoms with E-state index in [2.05, 4.69) is 11.6 Å². The molecule has 0 radical (unpaired) electrons. The van der Waals surface area contributed by atoms with Gasteiger partial charge < -0.3 is 25.4 Å². The van der Waals surface area contributed by atoms with Crippen LogP contribution in [0.5, 0.6) is 0 Å². The highest BCUT2D eigenvalue weighted by Crippen LogP contribution is 2.31. The van der Waals surface area contributed by atoms with Crippen molar-refractivity contribution >= 4 is 17.9 Å². The van der Waals surface area contributed by atoms with Crippen LogP contribution in [0, 0.1) is 5.92 Å². The van der Waals surface area contributed by atoms with E-state index in [4.69, 9.17) is 15.2 Å². The lowest BCUT2D eigenvalue weighted by Crippen LogP contribution is -2.36. The lowest BCUT2D eigenvalue weighted by molar-refractivity contribution is -0.150. The van der Waals surface area contributed by atoms with Crippen LogP contribution in [-0.2, 0) is 14.3 Å². The van der Waals surface area contributed by atoms with E-state index in [1.54, 1.807) is 0 Å². The Hall–Kier alpha value is -2.23. The van der Waals surface area contributed by atoms with Crippen molar-refractivity contribution in [2.75, 3.05) is 12.3 Å². The number of nitrogen functional groups attached to an aromatic ring is 1. The Kier molecular flexibility index (Phi) is 5.40. The summed E-state index contributed by atoms with van der Waals surface area (Å²) in [5.41, 5.74) is 5.27. The highest BCUT2D eigenvalue weighted by molar-refractivity contribution is 5.70. The lowest BCUT2D eigenvalue weighted by atomic mass is 9.86. The second-order valence-corrected chi connectivity index (χ2v) is 6.71. The first-order chi connectivity index (χ1) is 12.4. The van der Waals surface area contributed by atoms with Gasteiger partial charge in [0.1, 0.15) is 18.0 Å². The number of hydrogen-bond donors (Lipinski definition) is 3. The van der Waals surface area contributed by atoms with Crippen LogP contribution in [0.1, 0.15) is 37.5 Å². The summed E-state index contributed by atoms with van der Waals surface area (Å²) < 4.78 is 11.8. The molecule has 26 heavy (non-hydrogen) atoms. The van der Waals surface area contributed by atoms with E-state index in [0.717, 1.165) is 23.8 Å². The third kappa shape index (κ3) is 3.64. The minimum atomic E-state index is -1.40. The summed E-state index contributed by atoms with van der Waals surface area (Å²) in [5, 5.41) is 20.4. The molecular formula is C17H23N3O6. The molecule has 0 unspecified atom stereocenters. The number of anilines is 1. The maximum absolute atomic E-state index is 12.1. The van der Waals surface area contributed by atoms with Crippen molar-refractivity contribution < 1.29 is 24.5 Å². The number of carbonyl (C=O) groups excluding carboxylic acids is 1. The van der Waals surface area contributed by atoms with E-state index in [0.29, 0.717) is 18.1 Å². The Balaban J connectivity index is 1.68. The molecule has 1 saturated heterocycles. The minimum Gasteiger partial charge on any atom is -0.465 e. The normalized spacial score (nSPS) is 28.5. The maximum Gasteiger partial charge on any atom is 0.351 e. The van der Waals surface area contributed by atoms with Gasteiger partial charge in [0.05, 0.1) is 19.1 Å². The zero-order chi connectivity index (χ0) is 18.8. The Morgan fingerprint density at radius 1 is 1.46 bits per heavy atom. The fourth-order valence-corrected chi connectivity index (χ4v) is 3.06. The van der Waals surface area contributed by atoms with E-state index in [1.165, 1.54) is 12.3 Å². The van der Waals surface area contributed by atoms with Gasteiger partial charge in [-0.1, -0.05) is 19.1 Å². The SMILES string of the molecule is C=Cc1cn([C@@H]2O[C@H](CC(=O)OCC3CCC3)[C@@H](O)[C@H]2O)c(=O)nc1N. The van der Waals surface area contributed by atoms with Crippen molar-refractivity contribution in [1.82, 2.24) is 9.55 Å². The summed E-state index contributed by atoms with van der Waals surface area (Å²) in [6.45, 7) is 3.93. The number of ether oxygens (including phenoxy) is 2. The Morgan fingerprint density at radius 2 is 2.19 bits per heavy atom. The van der Waals surface area contributed by atoms with E-state index in [-0.39, 0.29) is 12.2 Å². The largest absolute Gasteiger partial charge is 0.465 e. The van der Waals surface area contributed by atoms with Crippen molar-refractivity contribution in [2.24, 2.45) is 5.92 Å². The van der Waals surface area contributed by atoms with Gasteiger partial charge in [-0.2, -0.15) is 4.98 Å². The van der Waals surface area contributed by atoms with Gasteiger partial charge in [0.2, 0.25) is 0 Å². The predicted molar refractivity (Wildman–Crippen MR) is 91.8 cm³/mol. The fraction of sp³-hybridized carbons (Fsp3) is 0.588. The van der Waals surface area contributed by atoms with Crippen LogP contribution in [0.2, 0.25) is 0 Å². The number of nitrogens with two attached hydrogens (primary N) is 1. The summed E-state index contributed by atoms with van der Waals surface area (Å²) in [6.07, 6.45) is 0.873. The highest BCUT2D eigenvalue weighted by Gasteiger charge is 2.45. The van der Waals surface area contributed by atoms with E-state index in [9.17, 15) is 19.8 Å². The van der Waals surface area contributed by atoms with Crippen LogP contribution < -0.4 is 11.4 Å². The number of hydrogen-bond acceptors (Lipinski definition) is 8. The van der Waals surface area contributed by atoms with Gasteiger partial charge in [-0.15, -0.1) is 0 Å². The molecule has 2 aliphatic rings. The quantitative estimate of drug-likeness (QED) is 0.591. The molecule has 2 heterocycles. The molecule has 1 aliphatic carbocycles. The molecule has 0 aromatic carbocycles. The molecule has 4 atom stereocenters. The third-order valence-electron chi connectivity index (χ3n) is 4.91. The van der Waals surface area contributed by atoms with Crippen LogP contribution in [-0.4, -0.2) is 50.7 Å². The van der Waals surface area contributed by atoms with Gasteiger partial charge in [0, 0.05) is 11.8 Å². The molecule has 0 spiro atoms. The van der Waals surface area contributed by atoms with Crippen LogP contribution in [0.25, 0.3) is 6.08 Å². The minimum absolute atomic E-state index is 0.00501. The first-order valence-corrected chi connectivity index (χ1v) is 8.59. The Labute approximate surface area is 150 Å². The van der Waals surface area contributed by atoms with Crippen molar-refractivity contribution in [3.05, 3.63) is 28.8 Å². The summed E-state index contributed by atoms with van der Waals surface area (Å²) in [6, 6.07) is 0. The number of esters is 1. The second kappa shape index (κ2) is 7.56. The smallest absolute Gasteiger partial charge is 0.351 e. The van der Waals surface area contributed by atoms with Crippen LogP contribution >= 0.6 is 0 Å². The first-order valence-electron chi connectivity index (χ1n) is 8.59. The van der Waals surface area contributed by atoms with E-state index in [1.807, 2.05) is 0 Å². The molecule has 3 rings (SSSR count). The highest BCUT2D eigenvalue weighted by atomic mass is 16.6. The van der Waals surface area contributed by atoms with Gasteiger partial charge in [-0.25, -0.2) is 4.79 Å². The van der Waals surface area contributed by atoms with Crippen LogP contribution in [0.3, 0.4) is 0 Å². The zero-order valence-electron chi connectivity index (χ0n) is 14.3. The standard InChI is InChI=1S/C17H23N3O6/c1-2-10-7-20(17(24)19-15(10)18)16-14(23)13(22)11(26-16)6-12(21)25-8-9-4-3-5-9/h2,7,9,11,13-14,16,22-23H,1,3-6,8H2,(H2,18,19,24)/t11-,13-,14-,16-/m1/s1. The van der Waals surface area contributed by atoms with Gasteiger partial charge in [-0.05, 0) is 18.8 Å². The molecule has 0 amide bonds. The summed E-state index contributed by atoms with van der Waals surface area (Å²) in [4.78, 5) is 27.7. The van der Waals surface area contributed by atoms with E-state index < -0.39 is 36.2 Å². The first kappa shape index (κ1) is 18.6. The van der Waals surface area contributed by atoms with Gasteiger partial charge in [-0.3, -0.25) is 9.36 Å². The third-order valence-corrected chi connectivity index (χ3v) is 4.91. The average molecular weight is 365 g/mol. The molecule has 1 aliphatic heterocycles. The summed E-state index contributed by atoms with van der Waals surface area (Å²) >= 11 is 0. The molecule has 1 aromatic heterocycles. The van der Waals surface area contributed by atoms with Crippen LogP contribution in [0.4, 0.5) is 5.82 Å². The number of nitrogens with zero attached hydrogens (tertiary/aromatic N) is 2. The lowest BCUT2D eigenvalue weighted by Gasteiger charge is -2.24. The van der Waals surface area contributed by atoms with E-state index >= 15 is 0 Å². The Bertz CT molecular complexity index is 745. The molecule has 4 N–H and O–H groups in total. The number of carbonyl (C=O) groups is 1. The van der Waals surface area contributed by atoms with Crippen molar-refractivity contribution in [2.45, 2.75) is 50.2 Å². The molecule has 9 nitrogen and oxygen atoms in total. The maximum atomic E-state index is 12.1. The summed E-state index contributed by atoms with van der Waals surface area (Å²) in [7, 11) is 0. The Morgan fingerprint density at radius 3 is 2.81 bits per heavy atom. The number of aromatic nitrogens is 2. The molecule has 1 saturated carbocycles. The predicted octanol–water partition coefficient (Wildman–Crippen LogP) is -0.179. The van der Waals surface area contributed by atoms with Crippen LogP contribution in [0.15, 0.2) is 17.6 Å². The molecule has 1 aromatic rings. The van der Waals surface area contributed by atoms with Crippen molar-refractivity contribution in [3.8, 4) is 0 Å². The molecule has 9 heteroatoms. The molecule has 142 valence electrons. The summed E-state index contributed by atoms with van der Waals surface area (Å²) in [5.74, 6) is -0.0998. The fourth-order valence-electron chi connectivity index (χ4n) is 3.06. The molecular weight excluding hydrogens is 342 g/mol. The number of rotatable bonds is 6. The number of aliphatic hydroxyl groups is 2. The molecule has 0 bridgehead atoms. The number of aliphatic hydroxyl groups excluding tert-OH is 2. The average Bonchev–Trinajstić information content (AvgIpc) is 2.82. The van der Waals surface area contributed by atoms with Crippen molar-refractivity contribution in [1.29, 1.82) is 0 Å².